The molecule has 4 aliphatic heterocycles. The molecule has 4 amide bonds. The van der Waals surface area contributed by atoms with Gasteiger partial charge in [0.25, 0.3) is 11.8 Å². The van der Waals surface area contributed by atoms with Gasteiger partial charge in [0.2, 0.25) is 11.8 Å². The number of nitrogens with one attached hydrogen (secondary N) is 2. The lowest BCUT2D eigenvalue weighted by Gasteiger charge is -2.48. The van der Waals surface area contributed by atoms with Gasteiger partial charge in [-0.25, -0.2) is 9.97 Å². The fourth-order valence-corrected chi connectivity index (χ4v) is 11.6. The van der Waals surface area contributed by atoms with Gasteiger partial charge in [0, 0.05) is 87.1 Å². The lowest BCUT2D eigenvalue weighted by atomic mass is 9.77. The Bertz CT molecular complexity index is 2340. The van der Waals surface area contributed by atoms with Gasteiger partial charge in [0.15, 0.2) is 5.69 Å². The summed E-state index contributed by atoms with van der Waals surface area (Å²) in [5.74, 6) is 0.680. The normalized spacial score (nSPS) is 24.5. The number of carbonyl (C=O) groups excluding carboxylic acids is 4. The second kappa shape index (κ2) is 19.5. The third-order valence-corrected chi connectivity index (χ3v) is 15.5. The molecule has 17 heteroatoms. The highest BCUT2D eigenvalue weighted by atomic mass is 32.2. The smallest absolute Gasteiger partial charge is 0.274 e. The summed E-state index contributed by atoms with van der Waals surface area (Å²) in [5, 5.41) is 26.0. The van der Waals surface area contributed by atoms with Crippen molar-refractivity contribution in [3.8, 4) is 0 Å². The minimum Gasteiger partial charge on any atom is -0.372 e. The van der Waals surface area contributed by atoms with Crippen molar-refractivity contribution in [2.75, 3.05) is 44.7 Å². The number of hydrogen-bond acceptors (Lipinski definition) is 13. The van der Waals surface area contributed by atoms with Crippen molar-refractivity contribution in [2.45, 2.75) is 131 Å². The van der Waals surface area contributed by atoms with Crippen LogP contribution in [0.5, 0.6) is 0 Å². The zero-order valence-electron chi connectivity index (χ0n) is 38.2. The number of fused-ring (bicyclic) bond motifs is 1. The lowest BCUT2D eigenvalue weighted by Crippen LogP contribution is -2.55. The maximum Gasteiger partial charge on any atom is 0.274 e. The van der Waals surface area contributed by atoms with Crippen molar-refractivity contribution in [2.24, 2.45) is 11.1 Å². The number of thioether (sulfide) groups is 1. The second-order valence-corrected chi connectivity index (χ2v) is 21.1. The molecule has 1 saturated carbocycles. The molecule has 1 spiro atoms. The van der Waals surface area contributed by atoms with Crippen molar-refractivity contribution in [3.05, 3.63) is 94.7 Å². The van der Waals surface area contributed by atoms with Crippen LogP contribution in [0, 0.1) is 5.41 Å². The third-order valence-electron chi connectivity index (χ3n) is 14.5. The monoisotopic (exact) mass is 917 g/mol. The number of aliphatic hydroxyl groups is 1. The molecule has 3 saturated heterocycles. The zero-order chi connectivity index (χ0) is 46.0. The second-order valence-electron chi connectivity index (χ2n) is 19.8. The SMILES string of the molecule is CN(Cc1ccc2c(c1)CN(C1CCC(=O)NC1O)C2=O)C(=O)c1ccc(C2CCC3(C2)CN(CCCCCC(=O)NC2=CC(Sc4cnc(N5CCC(C)(N)CC5)cn4)CC=C2)C3)nn1. The van der Waals surface area contributed by atoms with Crippen molar-refractivity contribution >= 4 is 41.2 Å². The standard InChI is InChI=1S/C49H63N11O5S/c1-48(50)18-21-59(22-19-48)41-26-52-44(27-51-41)66-36-8-6-7-35(24-36)53-42(61)9-4-3-5-20-58-30-49(31-58)17-16-33(25-49)38-12-13-39(56-55-38)47(65)57(2)28-32-10-11-37-34(23-32)29-60(46(37)64)40-14-15-43(62)54-45(40)63/h6-7,10-13,23-24,26-27,33,36,40,45,63H,3-5,8-9,14-22,25,28-31,50H2,1-2H3,(H,53,61)(H,54,62). The predicted octanol–water partition coefficient (Wildman–Crippen LogP) is 4.66. The maximum absolute atomic E-state index is 13.4. The highest BCUT2D eigenvalue weighted by Gasteiger charge is 2.48. The van der Waals surface area contributed by atoms with Crippen LogP contribution in [0.2, 0.25) is 0 Å². The molecule has 1 aromatic carbocycles. The molecule has 9 rings (SSSR count). The minimum absolute atomic E-state index is 0.0582. The van der Waals surface area contributed by atoms with E-state index in [-0.39, 0.29) is 40.8 Å². The summed E-state index contributed by atoms with van der Waals surface area (Å²) < 4.78 is 0. The maximum atomic E-state index is 13.4. The molecule has 4 atom stereocenters. The number of likely N-dealkylation sites (tertiary alicyclic amines) is 1. The predicted molar refractivity (Wildman–Crippen MR) is 251 cm³/mol. The average molecular weight is 918 g/mol. The number of piperidine rings is 2. The van der Waals surface area contributed by atoms with E-state index in [0.717, 1.165) is 117 Å². The number of hydrogen-bond donors (Lipinski definition) is 4. The van der Waals surface area contributed by atoms with Crippen LogP contribution >= 0.6 is 11.8 Å². The number of nitrogens with zero attached hydrogens (tertiary/aromatic N) is 8. The summed E-state index contributed by atoms with van der Waals surface area (Å²) >= 11 is 1.67. The van der Waals surface area contributed by atoms with Crippen molar-refractivity contribution < 1.29 is 24.3 Å². The van der Waals surface area contributed by atoms with Crippen LogP contribution in [0.4, 0.5) is 5.82 Å². The van der Waals surface area contributed by atoms with E-state index >= 15 is 0 Å². The number of nitrogens with two attached hydrogens (primary N) is 1. The van der Waals surface area contributed by atoms with Crippen LogP contribution in [0.1, 0.15) is 128 Å². The number of aromatic nitrogens is 4. The van der Waals surface area contributed by atoms with Crippen molar-refractivity contribution in [1.29, 1.82) is 0 Å². The summed E-state index contributed by atoms with van der Waals surface area (Å²) in [5.41, 5.74) is 10.9. The Morgan fingerprint density at radius 2 is 1.86 bits per heavy atom. The van der Waals surface area contributed by atoms with Gasteiger partial charge in [-0.2, -0.15) is 5.10 Å². The number of amides is 4. The van der Waals surface area contributed by atoms with Gasteiger partial charge in [-0.15, -0.1) is 5.10 Å². The number of unbranched alkanes of at least 4 members (excludes halogenated alkanes) is 2. The summed E-state index contributed by atoms with van der Waals surface area (Å²) in [4.78, 5) is 68.4. The summed E-state index contributed by atoms with van der Waals surface area (Å²) in [6.07, 6.45) is 19.1. The number of anilines is 1. The molecule has 4 unspecified atom stereocenters. The highest BCUT2D eigenvalue weighted by molar-refractivity contribution is 8.00. The molecule has 5 N–H and O–H groups in total. The van der Waals surface area contributed by atoms with E-state index in [1.807, 2.05) is 36.7 Å². The van der Waals surface area contributed by atoms with E-state index in [9.17, 15) is 24.3 Å². The van der Waals surface area contributed by atoms with E-state index in [2.05, 4.69) is 59.7 Å². The van der Waals surface area contributed by atoms with Crippen molar-refractivity contribution in [3.63, 3.8) is 0 Å². The van der Waals surface area contributed by atoms with E-state index in [0.29, 0.717) is 48.5 Å². The molecular formula is C49H63N11O5S. The number of benzene rings is 1. The molecule has 66 heavy (non-hydrogen) atoms. The van der Waals surface area contributed by atoms with E-state index < -0.39 is 12.3 Å². The van der Waals surface area contributed by atoms with Gasteiger partial charge in [0.1, 0.15) is 17.1 Å². The van der Waals surface area contributed by atoms with Gasteiger partial charge < -0.3 is 41.1 Å². The molecule has 16 nitrogen and oxygen atoms in total. The fraction of sp³-hybridized carbons (Fsp3) is 0.551. The van der Waals surface area contributed by atoms with Crippen LogP contribution in [-0.2, 0) is 22.7 Å². The van der Waals surface area contributed by atoms with Crippen LogP contribution in [0.25, 0.3) is 0 Å². The number of aliphatic hydroxyl groups excluding tert-OH is 1. The number of carbonyl (C=O) groups is 4. The molecule has 6 heterocycles. The quantitative estimate of drug-likeness (QED) is 0.154. The summed E-state index contributed by atoms with van der Waals surface area (Å²) in [6, 6.07) is 8.84. The molecule has 0 radical (unpaired) electrons. The first-order valence-electron chi connectivity index (χ1n) is 23.7. The topological polar surface area (TPSA) is 203 Å². The molecule has 0 bridgehead atoms. The first-order chi connectivity index (χ1) is 31.8. The average Bonchev–Trinajstić information content (AvgIpc) is 3.88. The van der Waals surface area contributed by atoms with E-state index in [4.69, 9.17) is 5.73 Å². The number of allylic oxidation sites excluding steroid dienone is 2. The Kier molecular flexibility index (Phi) is 13.6. The Labute approximate surface area is 391 Å². The number of rotatable bonds is 15. The van der Waals surface area contributed by atoms with Crippen LogP contribution in [0.15, 0.2) is 71.7 Å². The molecule has 6 aliphatic rings. The molecule has 350 valence electrons. The Morgan fingerprint density at radius 1 is 1.03 bits per heavy atom. The van der Waals surface area contributed by atoms with Gasteiger partial charge in [-0.05, 0) is 118 Å². The summed E-state index contributed by atoms with van der Waals surface area (Å²) in [7, 11) is 1.73. The molecular weight excluding hydrogens is 855 g/mol. The molecule has 4 fully saturated rings. The van der Waals surface area contributed by atoms with Crippen molar-refractivity contribution in [1.82, 2.24) is 45.5 Å². The minimum atomic E-state index is -1.09. The van der Waals surface area contributed by atoms with Gasteiger partial charge in [-0.1, -0.05) is 36.4 Å². The van der Waals surface area contributed by atoms with Gasteiger partial charge >= 0.3 is 0 Å². The van der Waals surface area contributed by atoms with Crippen LogP contribution in [-0.4, -0.2) is 126 Å². The Balaban J connectivity index is 0.653. The first-order valence-corrected chi connectivity index (χ1v) is 24.6. The van der Waals surface area contributed by atoms with Gasteiger partial charge in [-0.3, -0.25) is 19.2 Å². The van der Waals surface area contributed by atoms with Crippen LogP contribution in [0.3, 0.4) is 0 Å². The Hall–Kier alpha value is -5.23. The van der Waals surface area contributed by atoms with E-state index in [1.165, 1.54) is 6.42 Å². The molecule has 3 aromatic rings. The largest absolute Gasteiger partial charge is 0.372 e. The van der Waals surface area contributed by atoms with E-state index in [1.54, 1.807) is 40.7 Å². The lowest BCUT2D eigenvalue weighted by molar-refractivity contribution is -0.129. The fourth-order valence-electron chi connectivity index (χ4n) is 10.7. The van der Waals surface area contributed by atoms with Gasteiger partial charge in [0.05, 0.1) is 24.1 Å². The third kappa shape index (κ3) is 10.6. The first kappa shape index (κ1) is 45.9. The Morgan fingerprint density at radius 3 is 2.62 bits per heavy atom. The van der Waals surface area contributed by atoms with Crippen LogP contribution < -0.4 is 21.3 Å². The zero-order valence-corrected chi connectivity index (χ0v) is 39.0. The molecule has 2 aliphatic carbocycles. The highest BCUT2D eigenvalue weighted by Crippen LogP contribution is 2.51. The molecule has 2 aromatic heterocycles. The summed E-state index contributed by atoms with van der Waals surface area (Å²) in [6.45, 7) is 7.81.